The summed E-state index contributed by atoms with van der Waals surface area (Å²) in [7, 11) is 0. The van der Waals surface area contributed by atoms with Gasteiger partial charge >= 0.3 is 0 Å². The zero-order valence-electron chi connectivity index (χ0n) is 9.16. The van der Waals surface area contributed by atoms with Gasteiger partial charge in [-0.15, -0.1) is 0 Å². The molecule has 15 heavy (non-hydrogen) atoms. The zero-order chi connectivity index (χ0) is 10.3. The Morgan fingerprint density at radius 1 is 1.07 bits per heavy atom. The van der Waals surface area contributed by atoms with Crippen molar-refractivity contribution in [2.45, 2.75) is 32.1 Å². The molecule has 0 saturated carbocycles. The van der Waals surface area contributed by atoms with E-state index in [2.05, 4.69) is 43.3 Å². The average Bonchev–Trinajstić information content (AvgIpc) is 2.42. The molecule has 0 heterocycles. The largest absolute Gasteiger partial charge is 0.0614 e. The van der Waals surface area contributed by atoms with Crippen molar-refractivity contribution in [1.82, 2.24) is 0 Å². The molecule has 0 spiro atoms. The molecular weight excluding hydrogens is 180 g/mol. The first kappa shape index (κ1) is 8.96. The smallest absolute Gasteiger partial charge is 0.0117 e. The van der Waals surface area contributed by atoms with Crippen LogP contribution in [0.25, 0.3) is 10.8 Å². The fourth-order valence-electron chi connectivity index (χ4n) is 2.82. The minimum absolute atomic E-state index is 0.720. The molecule has 0 amide bonds. The van der Waals surface area contributed by atoms with Crippen LogP contribution < -0.4 is 0 Å². The highest BCUT2D eigenvalue weighted by atomic mass is 14.2. The van der Waals surface area contributed by atoms with Gasteiger partial charge in [-0.25, -0.2) is 0 Å². The van der Waals surface area contributed by atoms with E-state index in [0.29, 0.717) is 0 Å². The summed E-state index contributed by atoms with van der Waals surface area (Å²) in [4.78, 5) is 0. The van der Waals surface area contributed by atoms with Gasteiger partial charge in [0.15, 0.2) is 0 Å². The van der Waals surface area contributed by atoms with Crippen LogP contribution in [0.5, 0.6) is 0 Å². The molecule has 0 bridgehead atoms. The Labute approximate surface area is 90.9 Å². The second kappa shape index (κ2) is 3.37. The van der Waals surface area contributed by atoms with Gasteiger partial charge in [0.2, 0.25) is 0 Å². The standard InChI is InChI=1S/C15H16/c1-11-5-2-6-12-7-3-8-13-9-4-10-14(11)15(12)13/h3-4,7-11H,2,5-6H2,1H3. The minimum atomic E-state index is 0.720. The molecule has 1 aliphatic rings. The van der Waals surface area contributed by atoms with Gasteiger partial charge in [-0.05, 0) is 47.1 Å². The lowest BCUT2D eigenvalue weighted by molar-refractivity contribution is 0.649. The van der Waals surface area contributed by atoms with Crippen LogP contribution in [0.1, 0.15) is 36.8 Å². The quantitative estimate of drug-likeness (QED) is 0.590. The summed E-state index contributed by atoms with van der Waals surface area (Å²) in [6.45, 7) is 2.36. The van der Waals surface area contributed by atoms with E-state index in [1.165, 1.54) is 30.0 Å². The van der Waals surface area contributed by atoms with Gasteiger partial charge in [-0.3, -0.25) is 0 Å². The molecule has 0 heteroatoms. The lowest BCUT2D eigenvalue weighted by atomic mass is 9.93. The van der Waals surface area contributed by atoms with E-state index >= 15 is 0 Å². The fourth-order valence-corrected chi connectivity index (χ4v) is 2.82. The van der Waals surface area contributed by atoms with Gasteiger partial charge in [0.25, 0.3) is 0 Å². The zero-order valence-corrected chi connectivity index (χ0v) is 9.16. The van der Waals surface area contributed by atoms with Crippen LogP contribution in [0.2, 0.25) is 0 Å². The summed E-state index contributed by atoms with van der Waals surface area (Å²) in [5.41, 5.74) is 3.10. The Morgan fingerprint density at radius 3 is 2.73 bits per heavy atom. The van der Waals surface area contributed by atoms with Crippen molar-refractivity contribution >= 4 is 10.8 Å². The van der Waals surface area contributed by atoms with Gasteiger partial charge in [0.05, 0.1) is 0 Å². The molecule has 2 aromatic rings. The molecule has 0 aliphatic heterocycles. The summed E-state index contributed by atoms with van der Waals surface area (Å²) < 4.78 is 0. The summed E-state index contributed by atoms with van der Waals surface area (Å²) in [5.74, 6) is 0.720. The van der Waals surface area contributed by atoms with Gasteiger partial charge in [0.1, 0.15) is 0 Å². The van der Waals surface area contributed by atoms with Crippen LogP contribution in [0.4, 0.5) is 0 Å². The molecule has 0 N–H and O–H groups in total. The van der Waals surface area contributed by atoms with Crippen molar-refractivity contribution < 1.29 is 0 Å². The number of benzene rings is 2. The first-order chi connectivity index (χ1) is 7.36. The van der Waals surface area contributed by atoms with E-state index in [-0.39, 0.29) is 0 Å². The molecule has 2 aromatic carbocycles. The lowest BCUT2D eigenvalue weighted by Crippen LogP contribution is -1.92. The first-order valence-corrected chi connectivity index (χ1v) is 5.87. The minimum Gasteiger partial charge on any atom is -0.0614 e. The van der Waals surface area contributed by atoms with Crippen LogP contribution in [0.3, 0.4) is 0 Å². The highest BCUT2D eigenvalue weighted by Gasteiger charge is 2.15. The molecule has 0 saturated heterocycles. The molecule has 1 aliphatic carbocycles. The van der Waals surface area contributed by atoms with Gasteiger partial charge in [0, 0.05) is 0 Å². The van der Waals surface area contributed by atoms with E-state index in [1.807, 2.05) is 0 Å². The van der Waals surface area contributed by atoms with Crippen molar-refractivity contribution in [2.24, 2.45) is 0 Å². The van der Waals surface area contributed by atoms with E-state index in [1.54, 1.807) is 11.1 Å². The van der Waals surface area contributed by atoms with Crippen LogP contribution in [-0.4, -0.2) is 0 Å². The lowest BCUT2D eigenvalue weighted by Gasteiger charge is -2.12. The maximum absolute atomic E-state index is 2.36. The number of rotatable bonds is 0. The first-order valence-electron chi connectivity index (χ1n) is 5.87. The number of hydrogen-bond donors (Lipinski definition) is 0. The monoisotopic (exact) mass is 196 g/mol. The van der Waals surface area contributed by atoms with E-state index < -0.39 is 0 Å². The Kier molecular flexibility index (Phi) is 2.02. The predicted molar refractivity (Wildman–Crippen MR) is 65.3 cm³/mol. The Balaban J connectivity index is 2.41. The van der Waals surface area contributed by atoms with Crippen LogP contribution in [0, 0.1) is 0 Å². The SMILES string of the molecule is CC1CCCc2cccc3cccc1c23. The average molecular weight is 196 g/mol. The van der Waals surface area contributed by atoms with Crippen molar-refractivity contribution in [3.8, 4) is 0 Å². The third-order valence-electron chi connectivity index (χ3n) is 3.64. The fraction of sp³-hybridized carbons (Fsp3) is 0.333. The van der Waals surface area contributed by atoms with E-state index in [4.69, 9.17) is 0 Å². The second-order valence-corrected chi connectivity index (χ2v) is 4.66. The predicted octanol–water partition coefficient (Wildman–Crippen LogP) is 4.28. The van der Waals surface area contributed by atoms with Gasteiger partial charge in [-0.1, -0.05) is 43.3 Å². The Bertz CT molecular complexity index is 491. The summed E-state index contributed by atoms with van der Waals surface area (Å²) >= 11 is 0. The Morgan fingerprint density at radius 2 is 1.87 bits per heavy atom. The summed E-state index contributed by atoms with van der Waals surface area (Å²) in [5, 5.41) is 2.95. The molecule has 3 rings (SSSR count). The molecule has 76 valence electrons. The molecular formula is C15H16. The van der Waals surface area contributed by atoms with Crippen LogP contribution in [0.15, 0.2) is 36.4 Å². The summed E-state index contributed by atoms with van der Waals surface area (Å²) in [6.07, 6.45) is 3.90. The van der Waals surface area contributed by atoms with Crippen molar-refractivity contribution in [3.05, 3.63) is 47.5 Å². The molecule has 0 nitrogen and oxygen atoms in total. The Hall–Kier alpha value is -1.30. The van der Waals surface area contributed by atoms with Crippen LogP contribution in [-0.2, 0) is 6.42 Å². The number of aryl methyl sites for hydroxylation is 1. The molecule has 0 radical (unpaired) electrons. The summed E-state index contributed by atoms with van der Waals surface area (Å²) in [6, 6.07) is 13.5. The third kappa shape index (κ3) is 1.36. The van der Waals surface area contributed by atoms with Gasteiger partial charge in [-0.2, -0.15) is 0 Å². The molecule has 1 atom stereocenters. The molecule has 0 aromatic heterocycles. The maximum Gasteiger partial charge on any atom is -0.0117 e. The van der Waals surface area contributed by atoms with E-state index in [9.17, 15) is 0 Å². The highest BCUT2D eigenvalue weighted by Crippen LogP contribution is 2.34. The normalized spacial score (nSPS) is 20.2. The van der Waals surface area contributed by atoms with Crippen molar-refractivity contribution in [2.75, 3.05) is 0 Å². The van der Waals surface area contributed by atoms with Crippen LogP contribution >= 0.6 is 0 Å². The van der Waals surface area contributed by atoms with E-state index in [0.717, 1.165) is 5.92 Å². The third-order valence-corrected chi connectivity index (χ3v) is 3.64. The molecule has 1 unspecified atom stereocenters. The topological polar surface area (TPSA) is 0 Å². The van der Waals surface area contributed by atoms with Gasteiger partial charge < -0.3 is 0 Å². The van der Waals surface area contributed by atoms with Crippen molar-refractivity contribution in [3.63, 3.8) is 0 Å². The van der Waals surface area contributed by atoms with Crippen molar-refractivity contribution in [1.29, 1.82) is 0 Å². The highest BCUT2D eigenvalue weighted by molar-refractivity contribution is 5.89. The number of hydrogen-bond acceptors (Lipinski definition) is 0. The second-order valence-electron chi connectivity index (χ2n) is 4.66. The maximum atomic E-state index is 2.36. The molecule has 0 fully saturated rings.